The predicted octanol–water partition coefficient (Wildman–Crippen LogP) is 1.92. The summed E-state index contributed by atoms with van der Waals surface area (Å²) in [4.78, 5) is 81.8. The molecule has 20 nitrogen and oxygen atoms in total. The summed E-state index contributed by atoms with van der Waals surface area (Å²) in [6.07, 6.45) is -2.39. The van der Waals surface area contributed by atoms with E-state index < -0.39 is 84.5 Å². The average Bonchev–Trinajstić information content (AvgIpc) is 3.80. The van der Waals surface area contributed by atoms with Crippen molar-refractivity contribution < 1.29 is 53.3 Å². The van der Waals surface area contributed by atoms with Crippen molar-refractivity contribution in [3.8, 4) is 0 Å². The molecule has 20 heteroatoms. The van der Waals surface area contributed by atoms with Gasteiger partial charge in [0.1, 0.15) is 48.4 Å². The first-order valence-electron chi connectivity index (χ1n) is 21.7. The largest absolute Gasteiger partial charge is 0.394 e. The molecule has 4 aromatic rings. The Kier molecular flexibility index (Phi) is 17.1. The second-order valence-corrected chi connectivity index (χ2v) is 16.0. The number of unbranched alkanes of at least 4 members (excludes halogenated alkanes) is 2. The number of likely N-dealkylation sites (tertiary alicyclic amines) is 1. The van der Waals surface area contributed by atoms with Crippen molar-refractivity contribution in [2.24, 2.45) is 5.73 Å². The molecule has 3 aromatic carbocycles. The first-order chi connectivity index (χ1) is 31.4. The number of carbonyl (C=O) groups excluding carboxylic acids is 5. The van der Waals surface area contributed by atoms with Gasteiger partial charge in [0.25, 0.3) is 5.69 Å². The van der Waals surface area contributed by atoms with Gasteiger partial charge in [0.2, 0.25) is 29.5 Å². The Bertz CT molecular complexity index is 2320. The van der Waals surface area contributed by atoms with Crippen LogP contribution in [0.5, 0.6) is 0 Å². The van der Waals surface area contributed by atoms with Gasteiger partial charge in [-0.15, -0.1) is 0 Å². The van der Waals surface area contributed by atoms with Crippen LogP contribution in [0.2, 0.25) is 0 Å². The number of benzene rings is 3. The molecule has 0 saturated carbocycles. The summed E-state index contributed by atoms with van der Waals surface area (Å²) in [6.45, 7) is 1.21. The van der Waals surface area contributed by atoms with Gasteiger partial charge in [-0.2, -0.15) is 0 Å². The number of carbonyl (C=O) groups is 5. The number of nitro groups is 1. The van der Waals surface area contributed by atoms with E-state index in [1.165, 1.54) is 17.9 Å². The minimum atomic E-state index is -1.47. The van der Waals surface area contributed by atoms with E-state index >= 15 is 0 Å². The van der Waals surface area contributed by atoms with E-state index in [0.29, 0.717) is 54.5 Å². The maximum Gasteiger partial charge on any atom is 0.280 e. The summed E-state index contributed by atoms with van der Waals surface area (Å²) in [5.41, 5.74) is 8.26. The van der Waals surface area contributed by atoms with Gasteiger partial charge in [-0.1, -0.05) is 54.6 Å². The van der Waals surface area contributed by atoms with Crippen LogP contribution in [0.1, 0.15) is 57.4 Å². The molecule has 6 rings (SSSR count). The van der Waals surface area contributed by atoms with Crippen molar-refractivity contribution in [1.29, 1.82) is 0 Å². The fourth-order valence-corrected chi connectivity index (χ4v) is 8.18. The fraction of sp³-hybridized carbons (Fsp3) is 0.467. The van der Waals surface area contributed by atoms with Crippen molar-refractivity contribution in [3.05, 3.63) is 88.5 Å². The van der Waals surface area contributed by atoms with E-state index in [9.17, 15) is 44.3 Å². The number of nitro benzene ring substituents is 1. The van der Waals surface area contributed by atoms with E-state index in [4.69, 9.17) is 19.9 Å². The van der Waals surface area contributed by atoms with Crippen LogP contribution in [0.3, 0.4) is 0 Å². The van der Waals surface area contributed by atoms with Gasteiger partial charge >= 0.3 is 0 Å². The van der Waals surface area contributed by atoms with E-state index in [2.05, 4.69) is 26.3 Å². The molecule has 0 bridgehead atoms. The lowest BCUT2D eigenvalue weighted by Crippen LogP contribution is -2.65. The lowest BCUT2D eigenvalue weighted by molar-refractivity contribution is -0.383. The molecule has 0 radical (unpaired) electrons. The Morgan fingerprint density at radius 1 is 0.985 bits per heavy atom. The molecule has 7 atom stereocenters. The third-order valence-electron chi connectivity index (χ3n) is 11.4. The predicted molar refractivity (Wildman–Crippen MR) is 237 cm³/mol. The summed E-state index contributed by atoms with van der Waals surface area (Å²) in [5, 5.41) is 45.6. The first kappa shape index (κ1) is 48.1. The molecule has 348 valence electrons. The number of hydrogen-bond acceptors (Lipinski definition) is 14. The highest BCUT2D eigenvalue weighted by Crippen LogP contribution is 2.36. The standard InChI is InChI=1S/C45H56N8O12/c1-27(55)49-40-42(41(58)35(24-54)65-45(40)64-25-28-12-4-2-5-13-28)63-26-37(57)52-23-11-18-34(52)44(60)51-32(43(46)59)19-20-36(56)47-21-8-3-9-22-48-39-29-14-6-7-15-30(29)50-31-16-10-17-33(38(31)39)53(61)62/h2,4-7,10,12-17,32,34-35,40-42,45,54,58H,3,8-9,11,18-26H2,1H3,(H2,46,59)(H,47,56)(H,48,50)(H,49,55)(H,51,60)/t32-,34+,35-,40-,41-,42-,45+/m1/s1. The number of para-hydroxylation sites is 1. The van der Waals surface area contributed by atoms with E-state index in [-0.39, 0.29) is 44.0 Å². The number of nitrogens with two attached hydrogens (primary N) is 1. The number of aliphatic hydroxyl groups excluding tert-OH is 2. The smallest absolute Gasteiger partial charge is 0.280 e. The molecule has 0 unspecified atom stereocenters. The molecular weight excluding hydrogens is 845 g/mol. The normalized spacial score (nSPS) is 21.1. The number of ether oxygens (including phenoxy) is 3. The van der Waals surface area contributed by atoms with Crippen LogP contribution in [0, 0.1) is 10.1 Å². The lowest BCUT2D eigenvalue weighted by atomic mass is 9.96. The quantitative estimate of drug-likeness (QED) is 0.0257. The number of non-ortho nitro benzene ring substituents is 1. The van der Waals surface area contributed by atoms with E-state index in [1.54, 1.807) is 12.1 Å². The number of amides is 5. The molecule has 2 aliphatic rings. The number of nitrogens with zero attached hydrogens (tertiary/aromatic N) is 3. The Morgan fingerprint density at radius 2 is 1.72 bits per heavy atom. The molecule has 0 spiro atoms. The Hall–Kier alpha value is -6.32. The molecule has 1 aromatic heterocycles. The number of rotatable bonds is 22. The molecule has 0 aliphatic carbocycles. The zero-order chi connectivity index (χ0) is 46.5. The van der Waals surface area contributed by atoms with Crippen molar-refractivity contribution >= 4 is 62.7 Å². The zero-order valence-corrected chi connectivity index (χ0v) is 36.1. The molecular formula is C45H56N8O12. The Morgan fingerprint density at radius 3 is 2.46 bits per heavy atom. The molecule has 2 fully saturated rings. The average molecular weight is 901 g/mol. The van der Waals surface area contributed by atoms with E-state index in [1.807, 2.05) is 54.6 Å². The molecule has 5 amide bonds. The number of pyridine rings is 1. The van der Waals surface area contributed by atoms with Crippen LogP contribution in [-0.4, -0.2) is 130 Å². The van der Waals surface area contributed by atoms with Crippen molar-refractivity contribution in [1.82, 2.24) is 25.8 Å². The van der Waals surface area contributed by atoms with Crippen LogP contribution < -0.4 is 27.0 Å². The van der Waals surface area contributed by atoms with Crippen molar-refractivity contribution in [2.45, 2.75) is 101 Å². The highest BCUT2D eigenvalue weighted by Gasteiger charge is 2.47. The first-order valence-corrected chi connectivity index (χ1v) is 21.7. The number of aromatic nitrogens is 1. The summed E-state index contributed by atoms with van der Waals surface area (Å²) < 4.78 is 17.7. The number of nitrogens with one attached hydrogen (secondary N) is 4. The van der Waals surface area contributed by atoms with Gasteiger partial charge in [0, 0.05) is 44.4 Å². The third-order valence-corrected chi connectivity index (χ3v) is 11.4. The Balaban J connectivity index is 0.948. The van der Waals surface area contributed by atoms with Gasteiger partial charge in [0.05, 0.1) is 34.9 Å². The van der Waals surface area contributed by atoms with Crippen LogP contribution in [0.25, 0.3) is 21.8 Å². The third kappa shape index (κ3) is 12.5. The van der Waals surface area contributed by atoms with Gasteiger partial charge in [0.15, 0.2) is 6.29 Å². The highest BCUT2D eigenvalue weighted by molar-refractivity contribution is 6.11. The van der Waals surface area contributed by atoms with Crippen LogP contribution in [-0.2, 0) is 44.8 Å². The molecule has 8 N–H and O–H groups in total. The van der Waals surface area contributed by atoms with Crippen LogP contribution in [0.15, 0.2) is 72.8 Å². The zero-order valence-electron chi connectivity index (χ0n) is 36.1. The van der Waals surface area contributed by atoms with Crippen molar-refractivity contribution in [2.75, 3.05) is 38.2 Å². The number of anilines is 1. The summed E-state index contributed by atoms with van der Waals surface area (Å²) in [5.74, 6) is -2.90. The molecule has 2 saturated heterocycles. The van der Waals surface area contributed by atoms with Crippen LogP contribution in [0.4, 0.5) is 11.4 Å². The van der Waals surface area contributed by atoms with Crippen molar-refractivity contribution in [3.63, 3.8) is 0 Å². The van der Waals surface area contributed by atoms with Gasteiger partial charge in [-0.25, -0.2) is 4.98 Å². The van der Waals surface area contributed by atoms with Gasteiger partial charge < -0.3 is 56.3 Å². The van der Waals surface area contributed by atoms with Gasteiger partial charge in [-0.05, 0) is 56.2 Å². The van der Waals surface area contributed by atoms with Crippen LogP contribution >= 0.6 is 0 Å². The van der Waals surface area contributed by atoms with E-state index in [0.717, 1.165) is 17.4 Å². The number of hydrogen-bond donors (Lipinski definition) is 7. The molecule has 2 aliphatic heterocycles. The second-order valence-electron chi connectivity index (χ2n) is 16.0. The molecule has 65 heavy (non-hydrogen) atoms. The highest BCUT2D eigenvalue weighted by atomic mass is 16.7. The maximum absolute atomic E-state index is 13.6. The summed E-state index contributed by atoms with van der Waals surface area (Å²) >= 11 is 0. The lowest BCUT2D eigenvalue weighted by Gasteiger charge is -2.44. The maximum atomic E-state index is 13.6. The number of fused-ring (bicyclic) bond motifs is 2. The van der Waals surface area contributed by atoms with Gasteiger partial charge in [-0.3, -0.25) is 34.1 Å². The topological polar surface area (TPSA) is 287 Å². The Labute approximate surface area is 374 Å². The summed E-state index contributed by atoms with van der Waals surface area (Å²) in [6, 6.07) is 18.1. The SMILES string of the molecule is CC(=O)N[C@H]1[C@@H](OCc2ccccc2)O[C@H](CO)[C@@H](O)[C@@H]1OCC(=O)N1CCC[C@H]1C(=O)N[C@H](CCC(=O)NCCCCCNc1c2ccccc2nc2cccc([N+](=O)[O-])c12)C(N)=O. The number of aliphatic hydroxyl groups is 2. The minimum absolute atomic E-state index is 0.0349. The summed E-state index contributed by atoms with van der Waals surface area (Å²) in [7, 11) is 0. The molecule has 3 heterocycles. The number of primary amides is 1. The minimum Gasteiger partial charge on any atom is -0.394 e. The second kappa shape index (κ2) is 23.0. The monoisotopic (exact) mass is 900 g/mol. The fourth-order valence-electron chi connectivity index (χ4n) is 8.18.